The number of imide groups is 1. The highest BCUT2D eigenvalue weighted by Gasteiger charge is 2.35. The Morgan fingerprint density at radius 2 is 1.49 bits per heavy atom. The number of amides is 4. The first-order chi connectivity index (χ1) is 17.9. The van der Waals surface area contributed by atoms with Crippen LogP contribution < -0.4 is 5.32 Å². The predicted octanol–water partition coefficient (Wildman–Crippen LogP) is 4.10. The Kier molecular flexibility index (Phi) is 8.36. The highest BCUT2D eigenvalue weighted by atomic mass is 35.5. The highest BCUT2D eigenvalue weighted by Crippen LogP contribution is 2.24. The van der Waals surface area contributed by atoms with Crippen molar-refractivity contribution in [1.82, 2.24) is 15.1 Å². The van der Waals surface area contributed by atoms with Crippen LogP contribution in [0.25, 0.3) is 0 Å². The third-order valence-corrected chi connectivity index (χ3v) is 6.84. The van der Waals surface area contributed by atoms with Gasteiger partial charge in [-0.25, -0.2) is 0 Å². The molecule has 0 saturated heterocycles. The van der Waals surface area contributed by atoms with Crippen LogP contribution in [0.4, 0.5) is 0 Å². The van der Waals surface area contributed by atoms with E-state index in [0.717, 1.165) is 11.1 Å². The first-order valence-electron chi connectivity index (χ1n) is 12.1. The van der Waals surface area contributed by atoms with E-state index >= 15 is 0 Å². The van der Waals surface area contributed by atoms with Crippen LogP contribution in [0.5, 0.6) is 0 Å². The molecule has 0 radical (unpaired) electrons. The van der Waals surface area contributed by atoms with Crippen molar-refractivity contribution in [3.8, 4) is 0 Å². The molecule has 37 heavy (non-hydrogen) atoms. The van der Waals surface area contributed by atoms with Crippen LogP contribution in [0, 0.1) is 0 Å². The number of fused-ring (bicyclic) bond motifs is 1. The lowest BCUT2D eigenvalue weighted by atomic mass is 10.0. The van der Waals surface area contributed by atoms with Gasteiger partial charge in [0, 0.05) is 38.0 Å². The maximum atomic E-state index is 13.6. The number of hydrogen-bond donors (Lipinski definition) is 1. The van der Waals surface area contributed by atoms with Crippen molar-refractivity contribution in [1.29, 1.82) is 0 Å². The van der Waals surface area contributed by atoms with E-state index in [4.69, 9.17) is 11.6 Å². The Balaban J connectivity index is 1.52. The van der Waals surface area contributed by atoms with Gasteiger partial charge in [0.1, 0.15) is 6.04 Å². The summed E-state index contributed by atoms with van der Waals surface area (Å²) in [6.07, 6.45) is 0.657. The molecule has 0 aromatic heterocycles. The van der Waals surface area contributed by atoms with E-state index in [9.17, 15) is 19.2 Å². The monoisotopic (exact) mass is 517 g/mol. The van der Waals surface area contributed by atoms with Gasteiger partial charge in [-0.1, -0.05) is 72.3 Å². The van der Waals surface area contributed by atoms with Gasteiger partial charge in [0.2, 0.25) is 11.8 Å². The summed E-state index contributed by atoms with van der Waals surface area (Å²) in [5, 5.41) is 3.18. The molecule has 1 aliphatic heterocycles. The van der Waals surface area contributed by atoms with Crippen LogP contribution in [0.1, 0.15) is 44.7 Å². The highest BCUT2D eigenvalue weighted by molar-refractivity contribution is 6.31. The van der Waals surface area contributed by atoms with Crippen LogP contribution in [-0.4, -0.2) is 53.1 Å². The molecule has 0 bridgehead atoms. The van der Waals surface area contributed by atoms with Crippen molar-refractivity contribution in [2.75, 3.05) is 13.6 Å². The number of halogens is 1. The topological polar surface area (TPSA) is 86.8 Å². The molecule has 0 aliphatic carbocycles. The molecule has 0 saturated carbocycles. The summed E-state index contributed by atoms with van der Waals surface area (Å²) in [6.45, 7) is 0.262. The molecule has 7 nitrogen and oxygen atoms in total. The molecule has 3 aromatic carbocycles. The maximum absolute atomic E-state index is 13.6. The average Bonchev–Trinajstić information content (AvgIpc) is 3.16. The summed E-state index contributed by atoms with van der Waals surface area (Å²) in [7, 11) is 1.54. The molecule has 1 heterocycles. The van der Waals surface area contributed by atoms with Gasteiger partial charge in [-0.15, -0.1) is 0 Å². The van der Waals surface area contributed by atoms with Crippen molar-refractivity contribution >= 4 is 35.2 Å². The van der Waals surface area contributed by atoms with E-state index in [1.54, 1.807) is 43.4 Å². The van der Waals surface area contributed by atoms with Crippen LogP contribution in [0.2, 0.25) is 5.02 Å². The lowest BCUT2D eigenvalue weighted by Crippen LogP contribution is -2.49. The summed E-state index contributed by atoms with van der Waals surface area (Å²) < 4.78 is 0. The molecule has 0 unspecified atom stereocenters. The van der Waals surface area contributed by atoms with E-state index in [-0.39, 0.29) is 49.6 Å². The molecular formula is C29H28ClN3O4. The predicted molar refractivity (Wildman–Crippen MR) is 141 cm³/mol. The second-order valence-corrected chi connectivity index (χ2v) is 9.25. The van der Waals surface area contributed by atoms with E-state index in [2.05, 4.69) is 5.32 Å². The molecule has 1 N–H and O–H groups in total. The largest absolute Gasteiger partial charge is 0.357 e. The molecule has 0 fully saturated rings. The zero-order valence-electron chi connectivity index (χ0n) is 20.5. The summed E-state index contributed by atoms with van der Waals surface area (Å²) in [5.74, 6) is -1.26. The van der Waals surface area contributed by atoms with Crippen molar-refractivity contribution < 1.29 is 19.2 Å². The minimum absolute atomic E-state index is 0.0557. The number of carbonyl (C=O) groups is 4. The molecule has 8 heteroatoms. The first-order valence-corrected chi connectivity index (χ1v) is 12.5. The smallest absolute Gasteiger partial charge is 0.261 e. The number of carbonyl (C=O) groups excluding carboxylic acids is 4. The SMILES string of the molecule is CNC(=O)[C@H](Cc1ccccc1)N(Cc1ccccc1Cl)C(=O)CCCN1C(=O)c2ccccc2C1=O. The summed E-state index contributed by atoms with van der Waals surface area (Å²) in [5.41, 5.74) is 2.39. The molecule has 1 atom stereocenters. The fourth-order valence-corrected chi connectivity index (χ4v) is 4.70. The van der Waals surface area contributed by atoms with Crippen molar-refractivity contribution in [2.45, 2.75) is 31.8 Å². The van der Waals surface area contributed by atoms with Crippen LogP contribution >= 0.6 is 11.6 Å². The average molecular weight is 518 g/mol. The molecule has 4 amide bonds. The lowest BCUT2D eigenvalue weighted by molar-refractivity contribution is -0.141. The minimum atomic E-state index is -0.768. The standard InChI is InChI=1S/C29H28ClN3O4/c1-31-27(35)25(18-20-10-3-2-4-11-20)33(19-21-12-5-8-15-24(21)30)26(34)16-9-17-32-28(36)22-13-6-7-14-23(22)29(32)37/h2-8,10-15,25H,9,16-19H2,1H3,(H,31,35)/t25-/m0/s1. The van der Waals surface area contributed by atoms with Crippen LogP contribution in [0.3, 0.4) is 0 Å². The number of nitrogens with one attached hydrogen (secondary N) is 1. The molecule has 3 aromatic rings. The van der Waals surface area contributed by atoms with E-state index in [1.165, 1.54) is 9.80 Å². The zero-order valence-corrected chi connectivity index (χ0v) is 21.3. The van der Waals surface area contributed by atoms with Gasteiger partial charge in [0.05, 0.1) is 11.1 Å². The minimum Gasteiger partial charge on any atom is -0.357 e. The van der Waals surface area contributed by atoms with Crippen molar-refractivity contribution in [2.24, 2.45) is 0 Å². The van der Waals surface area contributed by atoms with Crippen molar-refractivity contribution in [3.05, 3.63) is 106 Å². The molecule has 1 aliphatic rings. The molecule has 190 valence electrons. The van der Waals surface area contributed by atoms with Crippen LogP contribution in [0.15, 0.2) is 78.9 Å². The zero-order chi connectivity index (χ0) is 26.4. The van der Waals surface area contributed by atoms with Crippen molar-refractivity contribution in [3.63, 3.8) is 0 Å². The molecule has 4 rings (SSSR count). The third-order valence-electron chi connectivity index (χ3n) is 6.47. The van der Waals surface area contributed by atoms with E-state index < -0.39 is 6.04 Å². The first kappa shape index (κ1) is 26.1. The number of nitrogens with zero attached hydrogens (tertiary/aromatic N) is 2. The maximum Gasteiger partial charge on any atom is 0.261 e. The quantitative estimate of drug-likeness (QED) is 0.410. The summed E-state index contributed by atoms with van der Waals surface area (Å²) >= 11 is 6.40. The Bertz CT molecular complexity index is 1280. The van der Waals surface area contributed by atoms with Gasteiger partial charge in [-0.05, 0) is 35.7 Å². The van der Waals surface area contributed by atoms with Crippen LogP contribution in [-0.2, 0) is 22.6 Å². The number of likely N-dealkylation sites (N-methyl/N-ethyl adjacent to an activating group) is 1. The Morgan fingerprint density at radius 3 is 2.11 bits per heavy atom. The van der Waals surface area contributed by atoms with Gasteiger partial charge in [-0.3, -0.25) is 24.1 Å². The van der Waals surface area contributed by atoms with Gasteiger partial charge >= 0.3 is 0 Å². The number of benzene rings is 3. The summed E-state index contributed by atoms with van der Waals surface area (Å²) in [4.78, 5) is 54.6. The van der Waals surface area contributed by atoms with Gasteiger partial charge < -0.3 is 10.2 Å². The third kappa shape index (κ3) is 5.89. The lowest BCUT2D eigenvalue weighted by Gasteiger charge is -2.31. The summed E-state index contributed by atoms with van der Waals surface area (Å²) in [6, 6.07) is 22.6. The van der Waals surface area contributed by atoms with Gasteiger partial charge in [0.15, 0.2) is 0 Å². The second-order valence-electron chi connectivity index (χ2n) is 8.84. The normalized spacial score (nSPS) is 13.3. The molecule has 0 spiro atoms. The fraction of sp³-hybridized carbons (Fsp3) is 0.241. The van der Waals surface area contributed by atoms with E-state index in [0.29, 0.717) is 22.6 Å². The van der Waals surface area contributed by atoms with E-state index in [1.807, 2.05) is 42.5 Å². The van der Waals surface area contributed by atoms with Gasteiger partial charge in [0.25, 0.3) is 11.8 Å². The Labute approximate surface area is 221 Å². The number of rotatable bonds is 10. The number of hydrogen-bond acceptors (Lipinski definition) is 4. The Hall–Kier alpha value is -3.97. The van der Waals surface area contributed by atoms with Gasteiger partial charge in [-0.2, -0.15) is 0 Å². The molecular weight excluding hydrogens is 490 g/mol. The fourth-order valence-electron chi connectivity index (χ4n) is 4.50. The second kappa shape index (κ2) is 11.8. The Morgan fingerprint density at radius 1 is 0.892 bits per heavy atom.